The van der Waals surface area contributed by atoms with Crippen LogP contribution in [-0.4, -0.2) is 24.6 Å². The molecule has 0 saturated heterocycles. The molecular weight excluding hydrogens is 174 g/mol. The Kier molecular flexibility index (Phi) is 2.94. The summed E-state index contributed by atoms with van der Waals surface area (Å²) >= 11 is 0. The molecule has 0 aromatic heterocycles. The molecule has 2 N–H and O–H groups in total. The van der Waals surface area contributed by atoms with E-state index in [0.717, 1.165) is 0 Å². The van der Waals surface area contributed by atoms with Gasteiger partial charge in [-0.1, -0.05) is 0 Å². The van der Waals surface area contributed by atoms with Crippen molar-refractivity contribution in [3.05, 3.63) is 18.2 Å². The zero-order chi connectivity index (χ0) is 9.84. The summed E-state index contributed by atoms with van der Waals surface area (Å²) in [6, 6.07) is 4.51. The molecule has 0 aliphatic rings. The lowest BCUT2D eigenvalue weighted by Gasteiger charge is -2.11. The molecule has 0 radical (unpaired) electrons. The van der Waals surface area contributed by atoms with Crippen molar-refractivity contribution in [3.63, 3.8) is 0 Å². The highest BCUT2D eigenvalue weighted by Crippen LogP contribution is 2.30. The Morgan fingerprint density at radius 2 is 1.69 bits per heavy atom. The van der Waals surface area contributed by atoms with Crippen LogP contribution >= 0.6 is 0 Å². The monoisotopic (exact) mass is 185 g/mol. The highest BCUT2D eigenvalue weighted by Gasteiger charge is 2.06. The Morgan fingerprint density at radius 3 is 2.15 bits per heavy atom. The van der Waals surface area contributed by atoms with Crippen molar-refractivity contribution in [2.45, 2.75) is 0 Å². The quantitative estimate of drug-likeness (QED) is 0.695. The lowest BCUT2D eigenvalue weighted by Crippen LogP contribution is -2.10. The highest BCUT2D eigenvalue weighted by atomic mass is 16.8. The Morgan fingerprint density at radius 1 is 1.08 bits per heavy atom. The van der Waals surface area contributed by atoms with Crippen LogP contribution in [0.4, 0.5) is 5.69 Å². The first-order valence-electron chi connectivity index (χ1n) is 3.59. The van der Waals surface area contributed by atoms with E-state index in [0.29, 0.717) is 11.5 Å². The third-order valence-electron chi connectivity index (χ3n) is 1.60. The first-order valence-corrected chi connectivity index (χ1v) is 3.59. The normalized spacial score (nSPS) is 9.54. The second kappa shape index (κ2) is 3.97. The first kappa shape index (κ1) is 9.63. The summed E-state index contributed by atoms with van der Waals surface area (Å²) in [5.74, 6) is 0.973. The average Bonchev–Trinajstić information content (AvgIpc) is 2.16. The molecule has 72 valence electrons. The predicted molar refractivity (Wildman–Crippen MR) is 45.6 cm³/mol. The molecule has 0 spiro atoms. The fourth-order valence-electron chi connectivity index (χ4n) is 0.949. The van der Waals surface area contributed by atoms with Crippen LogP contribution in [0.5, 0.6) is 11.5 Å². The molecule has 0 saturated carbocycles. The molecule has 0 heterocycles. The van der Waals surface area contributed by atoms with Gasteiger partial charge in [0, 0.05) is 6.07 Å². The van der Waals surface area contributed by atoms with Crippen molar-refractivity contribution in [1.29, 1.82) is 0 Å². The number of rotatable bonds is 3. The number of anilines is 1. The van der Waals surface area contributed by atoms with Crippen LogP contribution in [0.3, 0.4) is 0 Å². The maximum absolute atomic E-state index is 8.70. The Bertz CT molecular complexity index is 287. The number of ether oxygens (including phenoxy) is 2. The fraction of sp³-hybridized carbons (Fsp3) is 0.250. The molecule has 5 heteroatoms. The van der Waals surface area contributed by atoms with Crippen LogP contribution in [0.1, 0.15) is 0 Å². The second-order valence-corrected chi connectivity index (χ2v) is 2.33. The van der Waals surface area contributed by atoms with Crippen molar-refractivity contribution in [3.8, 4) is 11.5 Å². The Labute approximate surface area is 75.6 Å². The molecule has 0 fully saturated rings. The van der Waals surface area contributed by atoms with E-state index >= 15 is 0 Å². The van der Waals surface area contributed by atoms with Gasteiger partial charge in [-0.3, -0.25) is 10.4 Å². The van der Waals surface area contributed by atoms with Crippen LogP contribution in [0.2, 0.25) is 0 Å². The van der Waals surface area contributed by atoms with Crippen LogP contribution in [0.15, 0.2) is 18.2 Å². The molecule has 5 nitrogen and oxygen atoms in total. The van der Waals surface area contributed by atoms with Crippen molar-refractivity contribution < 1.29 is 19.9 Å². The third-order valence-corrected chi connectivity index (χ3v) is 1.60. The predicted octanol–water partition coefficient (Wildman–Crippen LogP) is 1.29. The van der Waals surface area contributed by atoms with Gasteiger partial charge in [0.15, 0.2) is 11.5 Å². The number of benzene rings is 1. The van der Waals surface area contributed by atoms with Crippen LogP contribution in [0.25, 0.3) is 0 Å². The van der Waals surface area contributed by atoms with Crippen molar-refractivity contribution in [2.24, 2.45) is 0 Å². The number of methoxy groups -OCH3 is 2. The summed E-state index contributed by atoms with van der Waals surface area (Å²) in [7, 11) is 2.98. The molecule has 0 amide bonds. The molecular formula is C8H11NO4. The topological polar surface area (TPSA) is 62.2 Å². The summed E-state index contributed by atoms with van der Waals surface area (Å²) in [6.45, 7) is 0. The highest BCUT2D eigenvalue weighted by molar-refractivity contribution is 5.53. The number of nitrogens with zero attached hydrogens (tertiary/aromatic N) is 1. The minimum absolute atomic E-state index is 0.0158. The lowest BCUT2D eigenvalue weighted by atomic mass is 10.3. The molecule has 0 bridgehead atoms. The molecule has 1 aromatic rings. The van der Waals surface area contributed by atoms with E-state index in [1.165, 1.54) is 26.4 Å². The molecule has 0 unspecified atom stereocenters. The van der Waals surface area contributed by atoms with Gasteiger partial charge in [0.05, 0.1) is 19.9 Å². The lowest BCUT2D eigenvalue weighted by molar-refractivity contribution is 0.0290. The summed E-state index contributed by atoms with van der Waals surface area (Å²) in [6.07, 6.45) is 0. The molecule has 1 aromatic carbocycles. The first-order chi connectivity index (χ1) is 6.19. The molecule has 1 rings (SSSR count). The summed E-state index contributed by atoms with van der Waals surface area (Å²) in [5, 5.41) is 17.4. The van der Waals surface area contributed by atoms with Gasteiger partial charge in [0.25, 0.3) is 0 Å². The van der Waals surface area contributed by atoms with Crippen LogP contribution in [0, 0.1) is 0 Å². The molecule has 0 aliphatic carbocycles. The van der Waals surface area contributed by atoms with Gasteiger partial charge < -0.3 is 9.47 Å². The number of hydrogen-bond donors (Lipinski definition) is 2. The SMILES string of the molecule is COc1ccc(N(O)O)cc1OC. The van der Waals surface area contributed by atoms with Gasteiger partial charge in [-0.05, 0) is 12.1 Å². The van der Waals surface area contributed by atoms with Crippen LogP contribution < -0.4 is 14.7 Å². The summed E-state index contributed by atoms with van der Waals surface area (Å²) in [5.41, 5.74) is 0.206. The van der Waals surface area contributed by atoms with Gasteiger partial charge >= 0.3 is 0 Å². The minimum atomic E-state index is 0.0158. The number of hydrogen-bond acceptors (Lipinski definition) is 5. The van der Waals surface area contributed by atoms with Gasteiger partial charge in [-0.25, -0.2) is 0 Å². The van der Waals surface area contributed by atoms with Crippen molar-refractivity contribution in [1.82, 2.24) is 0 Å². The van der Waals surface area contributed by atoms with Crippen molar-refractivity contribution >= 4 is 5.69 Å². The smallest absolute Gasteiger partial charge is 0.162 e. The van der Waals surface area contributed by atoms with E-state index in [2.05, 4.69) is 0 Å². The van der Waals surface area contributed by atoms with E-state index in [1.807, 2.05) is 0 Å². The largest absolute Gasteiger partial charge is 0.493 e. The van der Waals surface area contributed by atoms with Gasteiger partial charge in [0.2, 0.25) is 0 Å². The zero-order valence-electron chi connectivity index (χ0n) is 7.39. The van der Waals surface area contributed by atoms with Gasteiger partial charge in [-0.2, -0.15) is 0 Å². The molecule has 13 heavy (non-hydrogen) atoms. The van der Waals surface area contributed by atoms with E-state index < -0.39 is 0 Å². The Hall–Kier alpha value is -1.46. The zero-order valence-corrected chi connectivity index (χ0v) is 7.39. The van der Waals surface area contributed by atoms with Gasteiger partial charge in [-0.15, -0.1) is 5.23 Å². The van der Waals surface area contributed by atoms with Crippen LogP contribution in [-0.2, 0) is 0 Å². The maximum Gasteiger partial charge on any atom is 0.162 e. The second-order valence-electron chi connectivity index (χ2n) is 2.33. The summed E-state index contributed by atoms with van der Waals surface area (Å²) in [4.78, 5) is 0. The molecule has 0 aliphatic heterocycles. The van der Waals surface area contributed by atoms with Gasteiger partial charge in [0.1, 0.15) is 0 Å². The standard InChI is InChI=1S/C8H11NO4/c1-12-7-4-3-6(9(10)11)5-8(7)13-2/h3-5,10-11H,1-2H3. The third kappa shape index (κ3) is 2.01. The maximum atomic E-state index is 8.70. The summed E-state index contributed by atoms with van der Waals surface area (Å²) < 4.78 is 9.92. The van der Waals surface area contributed by atoms with E-state index in [1.54, 1.807) is 6.07 Å². The fourth-order valence-corrected chi connectivity index (χ4v) is 0.949. The van der Waals surface area contributed by atoms with Crippen molar-refractivity contribution in [2.75, 3.05) is 19.4 Å². The average molecular weight is 185 g/mol. The van der Waals surface area contributed by atoms with E-state index in [9.17, 15) is 0 Å². The minimum Gasteiger partial charge on any atom is -0.493 e. The molecule has 0 atom stereocenters. The van der Waals surface area contributed by atoms with E-state index in [-0.39, 0.29) is 10.9 Å². The van der Waals surface area contributed by atoms with E-state index in [4.69, 9.17) is 19.9 Å². The Balaban J connectivity index is 3.05.